The van der Waals surface area contributed by atoms with Gasteiger partial charge in [-0.05, 0) is 44.1 Å². The molecule has 1 N–H and O–H groups in total. The lowest BCUT2D eigenvalue weighted by Gasteiger charge is -2.37. The molecular formula is C17H35N. The normalized spacial score (nSPS) is 28.0. The first-order chi connectivity index (χ1) is 8.72. The molecule has 0 radical (unpaired) electrons. The summed E-state index contributed by atoms with van der Waals surface area (Å²) < 4.78 is 0. The highest BCUT2D eigenvalue weighted by Crippen LogP contribution is 2.35. The van der Waals surface area contributed by atoms with E-state index < -0.39 is 0 Å². The van der Waals surface area contributed by atoms with Crippen LogP contribution in [-0.2, 0) is 0 Å². The van der Waals surface area contributed by atoms with Gasteiger partial charge in [0.15, 0.2) is 0 Å². The third-order valence-corrected chi connectivity index (χ3v) is 5.06. The van der Waals surface area contributed by atoms with Gasteiger partial charge in [-0.15, -0.1) is 0 Å². The molecule has 2 unspecified atom stereocenters. The van der Waals surface area contributed by atoms with Crippen molar-refractivity contribution in [1.29, 1.82) is 0 Å². The van der Waals surface area contributed by atoms with E-state index in [0.717, 1.165) is 23.8 Å². The van der Waals surface area contributed by atoms with Crippen molar-refractivity contribution >= 4 is 0 Å². The number of unbranched alkanes of at least 4 members (excludes halogenated alkanes) is 1. The molecule has 1 fully saturated rings. The van der Waals surface area contributed by atoms with Crippen LogP contribution in [0, 0.1) is 17.8 Å². The molecule has 108 valence electrons. The van der Waals surface area contributed by atoms with Crippen LogP contribution in [-0.4, -0.2) is 13.1 Å². The molecule has 0 amide bonds. The van der Waals surface area contributed by atoms with Crippen molar-refractivity contribution in [1.82, 2.24) is 5.32 Å². The van der Waals surface area contributed by atoms with E-state index in [4.69, 9.17) is 0 Å². The third-order valence-electron chi connectivity index (χ3n) is 5.06. The Kier molecular flexibility index (Phi) is 7.97. The minimum atomic E-state index is 0.761. The molecule has 0 heterocycles. The second kappa shape index (κ2) is 8.96. The lowest BCUT2D eigenvalue weighted by Crippen LogP contribution is -2.40. The van der Waals surface area contributed by atoms with Gasteiger partial charge in [-0.2, -0.15) is 0 Å². The van der Waals surface area contributed by atoms with Gasteiger partial charge < -0.3 is 5.32 Å². The Morgan fingerprint density at radius 3 is 2.22 bits per heavy atom. The molecule has 1 rings (SSSR count). The molecule has 1 aliphatic rings. The van der Waals surface area contributed by atoms with Gasteiger partial charge in [-0.3, -0.25) is 0 Å². The SMILES string of the molecule is CCCCC1CCC(C(NC)C(C)CCC)CC1. The maximum absolute atomic E-state index is 3.61. The predicted molar refractivity (Wildman–Crippen MR) is 81.9 cm³/mol. The van der Waals surface area contributed by atoms with E-state index in [1.54, 1.807) is 0 Å². The summed E-state index contributed by atoms with van der Waals surface area (Å²) >= 11 is 0. The van der Waals surface area contributed by atoms with E-state index in [-0.39, 0.29) is 0 Å². The Morgan fingerprint density at radius 2 is 1.72 bits per heavy atom. The van der Waals surface area contributed by atoms with E-state index in [2.05, 4.69) is 33.1 Å². The zero-order valence-corrected chi connectivity index (χ0v) is 13.2. The fourth-order valence-corrected chi connectivity index (χ4v) is 3.95. The van der Waals surface area contributed by atoms with Crippen molar-refractivity contribution in [2.24, 2.45) is 17.8 Å². The second-order valence-electron chi connectivity index (χ2n) is 6.50. The van der Waals surface area contributed by atoms with Crippen LogP contribution >= 0.6 is 0 Å². The molecule has 1 aliphatic carbocycles. The number of hydrogen-bond donors (Lipinski definition) is 1. The summed E-state index contributed by atoms with van der Waals surface area (Å²) in [7, 11) is 2.17. The molecule has 1 nitrogen and oxygen atoms in total. The third kappa shape index (κ3) is 4.91. The minimum Gasteiger partial charge on any atom is -0.316 e. The summed E-state index contributed by atoms with van der Waals surface area (Å²) in [6, 6.07) is 0.761. The van der Waals surface area contributed by atoms with E-state index in [9.17, 15) is 0 Å². The van der Waals surface area contributed by atoms with Crippen LogP contribution in [0.3, 0.4) is 0 Å². The van der Waals surface area contributed by atoms with Gasteiger partial charge in [0.1, 0.15) is 0 Å². The van der Waals surface area contributed by atoms with Gasteiger partial charge >= 0.3 is 0 Å². The van der Waals surface area contributed by atoms with E-state index in [1.807, 2.05) is 0 Å². The lowest BCUT2D eigenvalue weighted by atomic mass is 9.73. The van der Waals surface area contributed by atoms with Crippen molar-refractivity contribution in [3.8, 4) is 0 Å². The molecule has 0 aromatic carbocycles. The molecule has 0 spiro atoms. The Labute approximate surface area is 115 Å². The topological polar surface area (TPSA) is 12.0 Å². The fourth-order valence-electron chi connectivity index (χ4n) is 3.95. The zero-order valence-electron chi connectivity index (χ0n) is 13.2. The summed E-state index contributed by atoms with van der Waals surface area (Å²) in [6.45, 7) is 7.06. The first-order valence-electron chi connectivity index (χ1n) is 8.40. The maximum atomic E-state index is 3.61. The summed E-state index contributed by atoms with van der Waals surface area (Å²) in [6.07, 6.45) is 12.9. The van der Waals surface area contributed by atoms with E-state index in [0.29, 0.717) is 0 Å². The summed E-state index contributed by atoms with van der Waals surface area (Å²) in [5, 5.41) is 3.61. The first kappa shape index (κ1) is 16.0. The smallest absolute Gasteiger partial charge is 0.0118 e. The Balaban J connectivity index is 2.35. The van der Waals surface area contributed by atoms with Crippen molar-refractivity contribution in [2.45, 2.75) is 84.6 Å². The quantitative estimate of drug-likeness (QED) is 0.641. The largest absolute Gasteiger partial charge is 0.316 e. The summed E-state index contributed by atoms with van der Waals surface area (Å²) in [5.41, 5.74) is 0. The zero-order chi connectivity index (χ0) is 13.4. The molecule has 18 heavy (non-hydrogen) atoms. The number of nitrogens with one attached hydrogen (secondary N) is 1. The molecule has 1 heteroatoms. The second-order valence-corrected chi connectivity index (χ2v) is 6.50. The van der Waals surface area contributed by atoms with Gasteiger partial charge in [0.2, 0.25) is 0 Å². The Bertz CT molecular complexity index is 194. The molecule has 0 bridgehead atoms. The predicted octanol–water partition coefficient (Wildman–Crippen LogP) is 5.01. The fraction of sp³-hybridized carbons (Fsp3) is 1.00. The summed E-state index contributed by atoms with van der Waals surface area (Å²) in [5.74, 6) is 2.83. The molecule has 0 saturated heterocycles. The van der Waals surface area contributed by atoms with E-state index >= 15 is 0 Å². The van der Waals surface area contributed by atoms with Crippen molar-refractivity contribution in [3.05, 3.63) is 0 Å². The van der Waals surface area contributed by atoms with Gasteiger partial charge in [0.25, 0.3) is 0 Å². The lowest BCUT2D eigenvalue weighted by molar-refractivity contribution is 0.179. The molecule has 1 saturated carbocycles. The van der Waals surface area contributed by atoms with Crippen molar-refractivity contribution in [3.63, 3.8) is 0 Å². The number of rotatable bonds is 8. The summed E-state index contributed by atoms with van der Waals surface area (Å²) in [4.78, 5) is 0. The molecule has 0 aromatic heterocycles. The standard InChI is InChI=1S/C17H35N/c1-5-7-9-15-10-12-16(13-11-15)17(18-4)14(3)8-6-2/h14-18H,5-13H2,1-4H3. The average molecular weight is 253 g/mol. The van der Waals surface area contributed by atoms with Crippen LogP contribution in [0.1, 0.15) is 78.6 Å². The van der Waals surface area contributed by atoms with Crippen LogP contribution < -0.4 is 5.32 Å². The van der Waals surface area contributed by atoms with Crippen molar-refractivity contribution in [2.75, 3.05) is 7.05 Å². The van der Waals surface area contributed by atoms with Crippen LogP contribution in [0.25, 0.3) is 0 Å². The van der Waals surface area contributed by atoms with Gasteiger partial charge in [0.05, 0.1) is 0 Å². The molecule has 2 atom stereocenters. The molecular weight excluding hydrogens is 218 g/mol. The molecule has 0 aliphatic heterocycles. The van der Waals surface area contributed by atoms with Gasteiger partial charge in [-0.25, -0.2) is 0 Å². The Morgan fingerprint density at radius 1 is 1.06 bits per heavy atom. The minimum absolute atomic E-state index is 0.761. The van der Waals surface area contributed by atoms with Gasteiger partial charge in [-0.1, -0.05) is 59.3 Å². The van der Waals surface area contributed by atoms with Crippen LogP contribution in [0.5, 0.6) is 0 Å². The van der Waals surface area contributed by atoms with E-state index in [1.165, 1.54) is 57.8 Å². The van der Waals surface area contributed by atoms with Crippen molar-refractivity contribution < 1.29 is 0 Å². The highest BCUT2D eigenvalue weighted by molar-refractivity contribution is 4.84. The molecule has 0 aromatic rings. The van der Waals surface area contributed by atoms with Crippen LogP contribution in [0.15, 0.2) is 0 Å². The average Bonchev–Trinajstić information content (AvgIpc) is 2.39. The Hall–Kier alpha value is -0.0400. The highest BCUT2D eigenvalue weighted by atomic mass is 14.9. The highest BCUT2D eigenvalue weighted by Gasteiger charge is 2.29. The number of hydrogen-bond acceptors (Lipinski definition) is 1. The monoisotopic (exact) mass is 253 g/mol. The van der Waals surface area contributed by atoms with Crippen LogP contribution in [0.4, 0.5) is 0 Å². The van der Waals surface area contributed by atoms with Crippen LogP contribution in [0.2, 0.25) is 0 Å². The maximum Gasteiger partial charge on any atom is 0.0118 e. The van der Waals surface area contributed by atoms with Gasteiger partial charge in [0, 0.05) is 6.04 Å². The first-order valence-corrected chi connectivity index (χ1v) is 8.40.